The zero-order chi connectivity index (χ0) is 61.3. The fourth-order valence-corrected chi connectivity index (χ4v) is 11.6. The lowest BCUT2D eigenvalue weighted by Gasteiger charge is -2.27. The molecular weight excluding hydrogens is 1360 g/mol. The monoisotopic (exact) mass is 1410 g/mol. The Morgan fingerprint density at radius 2 is 0.778 bits per heavy atom. The van der Waals surface area contributed by atoms with Crippen molar-refractivity contribution in [2.75, 3.05) is 64.7 Å². The minimum atomic E-state index is 0.568. The Hall–Kier alpha value is -9.27. The highest BCUT2D eigenvalue weighted by atomic mass is 79.9. The second-order valence-corrected chi connectivity index (χ2v) is 24.1. The molecule has 452 valence electrons. The molecule has 0 atom stereocenters. The minimum Gasteiger partial charge on any atom is -0.490 e. The minimum absolute atomic E-state index is 0.568. The summed E-state index contributed by atoms with van der Waals surface area (Å²) in [5.74, 6) is 6.17. The van der Waals surface area contributed by atoms with Crippen LogP contribution in [0.2, 0.25) is 5.02 Å². The maximum Gasteiger partial charge on any atom is 0.226 e. The molecule has 3 N–H and O–H groups in total. The highest BCUT2D eigenvalue weighted by molar-refractivity contribution is 9.11. The lowest BCUT2D eigenvalue weighted by molar-refractivity contribution is 0.171. The second-order valence-electron chi connectivity index (χ2n) is 21.0. The molecule has 0 spiro atoms. The Kier molecular flexibility index (Phi) is 18.3. The molecule has 4 aliphatic heterocycles. The van der Waals surface area contributed by atoms with E-state index in [0.29, 0.717) is 50.6 Å². The third-order valence-corrected chi connectivity index (χ3v) is 16.5. The number of halogens is 4. The number of hydrogen-bond donors (Lipinski definition) is 3. The smallest absolute Gasteiger partial charge is 0.226 e. The van der Waals surface area contributed by atoms with Crippen LogP contribution in [0.15, 0.2) is 212 Å². The van der Waals surface area contributed by atoms with Crippen LogP contribution in [0, 0.1) is 0 Å². The van der Waals surface area contributed by atoms with Crippen molar-refractivity contribution in [3.05, 3.63) is 213 Å². The summed E-state index contributed by atoms with van der Waals surface area (Å²) in [4.78, 5) is 6.77. The second kappa shape index (κ2) is 27.6. The first-order valence-corrected chi connectivity index (χ1v) is 31.7. The van der Waals surface area contributed by atoms with Crippen LogP contribution in [0.3, 0.4) is 0 Å². The van der Waals surface area contributed by atoms with Gasteiger partial charge in [-0.05, 0) is 140 Å². The molecule has 4 aliphatic rings. The maximum absolute atomic E-state index is 6.03. The van der Waals surface area contributed by atoms with Crippen LogP contribution in [0.5, 0.6) is 40.2 Å². The summed E-state index contributed by atoms with van der Waals surface area (Å²) in [6.45, 7) is 5.35. The first-order chi connectivity index (χ1) is 44.1. The van der Waals surface area contributed by atoms with E-state index in [1.54, 1.807) is 6.26 Å². The summed E-state index contributed by atoms with van der Waals surface area (Å²) < 4.78 is 48.2. The van der Waals surface area contributed by atoms with Crippen molar-refractivity contribution >= 4 is 65.1 Å². The van der Waals surface area contributed by atoms with Gasteiger partial charge in [-0.3, -0.25) is 15.3 Å². The number of benzene rings is 8. The van der Waals surface area contributed by atoms with Crippen LogP contribution in [0.4, 0.5) is 5.69 Å². The van der Waals surface area contributed by atoms with Crippen LogP contribution in [0.1, 0.15) is 6.42 Å². The van der Waals surface area contributed by atoms with Gasteiger partial charge in [0.05, 0.1) is 59.6 Å². The molecular formula is C70H56Br3ClN8O8. The quantitative estimate of drug-likeness (QED) is 0.131. The third kappa shape index (κ3) is 14.2. The van der Waals surface area contributed by atoms with E-state index in [9.17, 15) is 0 Å². The predicted molar refractivity (Wildman–Crippen MR) is 360 cm³/mol. The van der Waals surface area contributed by atoms with Crippen LogP contribution >= 0.6 is 59.4 Å². The number of rotatable bonds is 8. The molecule has 0 bridgehead atoms. The molecule has 0 fully saturated rings. The number of ether oxygens (including phenoxy) is 7. The fraction of sp³-hybridized carbons (Fsp3) is 0.143. The van der Waals surface area contributed by atoms with Crippen LogP contribution in [0.25, 0.3) is 90.3 Å². The molecule has 0 amide bonds. The predicted octanol–water partition coefficient (Wildman–Crippen LogP) is 17.7. The van der Waals surface area contributed by atoms with Gasteiger partial charge in [-0.1, -0.05) is 108 Å². The molecule has 90 heavy (non-hydrogen) atoms. The Labute approximate surface area is 548 Å². The van der Waals surface area contributed by atoms with Crippen molar-refractivity contribution in [1.82, 2.24) is 35.6 Å². The molecule has 0 saturated carbocycles. The standard InChI is InChI=1S/C18H16BrN3O.C18H15BrN2O2.C17H12BrNO3.C17H13ClN2O2/c1-22-7-8-23-18-10-13(5-6-17(18)22)16-11-15(20-21-16)12-3-2-4-14(19)9-12;19-14-4-1-3-12(9-14)15-11-16(21-20-15)13-5-6-17-18(10-13)23-8-2-7-22-17;18-13-3-1-2-12(8-13)17-19-14(10-22-17)11-4-5-15-16(9-11)21-7-6-20-15;18-13-3-1-2-11(8-13)14-10-15(20-19-14)12-4-5-16-17(9-12)22-7-6-21-16/h2-6,9-11H,7-8H2,1H3,(H,20,21);1,3-6,9-11H,2,7-8H2,(H,20,21);1-5,8-10H,6-7H2;1-5,8-10H,6-7H2,(H,19,20). The van der Waals surface area contributed by atoms with E-state index < -0.39 is 0 Å². The number of aromatic nitrogens is 7. The summed E-state index contributed by atoms with van der Waals surface area (Å²) in [6.07, 6.45) is 2.56. The van der Waals surface area contributed by atoms with Crippen molar-refractivity contribution < 1.29 is 37.6 Å². The fourth-order valence-electron chi connectivity index (χ4n) is 10.2. The number of fused-ring (bicyclic) bond motifs is 4. The normalized spacial score (nSPS) is 13.4. The van der Waals surface area contributed by atoms with Gasteiger partial charge in [-0.25, -0.2) is 4.98 Å². The van der Waals surface area contributed by atoms with Gasteiger partial charge in [0.1, 0.15) is 50.7 Å². The van der Waals surface area contributed by atoms with Gasteiger partial charge in [0.15, 0.2) is 34.5 Å². The zero-order valence-electron chi connectivity index (χ0n) is 48.4. The lowest BCUT2D eigenvalue weighted by atomic mass is 10.1. The largest absolute Gasteiger partial charge is 0.490 e. The number of oxazole rings is 1. The van der Waals surface area contributed by atoms with E-state index in [4.69, 9.17) is 49.2 Å². The summed E-state index contributed by atoms with van der Waals surface area (Å²) in [7, 11) is 2.09. The molecule has 0 unspecified atom stereocenters. The highest BCUT2D eigenvalue weighted by Crippen LogP contribution is 2.40. The molecule has 0 saturated heterocycles. The maximum atomic E-state index is 6.03. The molecule has 4 aromatic heterocycles. The van der Waals surface area contributed by atoms with E-state index in [1.165, 1.54) is 0 Å². The number of anilines is 1. The van der Waals surface area contributed by atoms with Gasteiger partial charge in [0, 0.05) is 76.4 Å². The van der Waals surface area contributed by atoms with Crippen LogP contribution in [-0.4, -0.2) is 95.4 Å². The number of likely N-dealkylation sites (N-methyl/N-ethyl adjacent to an activating group) is 1. The average molecular weight is 1410 g/mol. The van der Waals surface area contributed by atoms with Gasteiger partial charge in [-0.2, -0.15) is 15.3 Å². The number of nitrogens with one attached hydrogen (secondary N) is 3. The van der Waals surface area contributed by atoms with Crippen LogP contribution < -0.4 is 38.1 Å². The summed E-state index contributed by atoms with van der Waals surface area (Å²) >= 11 is 16.5. The summed E-state index contributed by atoms with van der Waals surface area (Å²) in [5, 5.41) is 23.2. The van der Waals surface area contributed by atoms with Crippen molar-refractivity contribution in [3.8, 4) is 131 Å². The number of aromatic amines is 3. The van der Waals surface area contributed by atoms with Gasteiger partial charge in [-0.15, -0.1) is 0 Å². The molecule has 8 heterocycles. The zero-order valence-corrected chi connectivity index (χ0v) is 53.9. The SMILES string of the molecule is Brc1cccc(-c2cc(-c3ccc4c(c3)OCCCO4)[nH]n2)c1.Brc1cccc(-c2nc(-c3ccc4c(c3)OCCO4)co2)c1.CN1CCOc2cc(-c3cc(-c4cccc(Br)c4)n[nH]3)ccc21.Clc1cccc(-c2cc(-c3ccc4c(c3)OCCO4)[nH]n2)c1. The molecule has 16 rings (SSSR count). The first-order valence-electron chi connectivity index (χ1n) is 28.9. The molecule has 0 aliphatic carbocycles. The first kappa shape index (κ1) is 59.7. The summed E-state index contributed by atoms with van der Waals surface area (Å²) in [6, 6.07) is 61.7. The van der Waals surface area contributed by atoms with Gasteiger partial charge in [0.25, 0.3) is 0 Å². The molecule has 8 aromatic carbocycles. The topological polar surface area (TPSA) is 180 Å². The highest BCUT2D eigenvalue weighted by Gasteiger charge is 2.20. The Morgan fingerprint density at radius 3 is 1.30 bits per heavy atom. The van der Waals surface area contributed by atoms with E-state index in [1.807, 2.05) is 152 Å². The molecule has 20 heteroatoms. The summed E-state index contributed by atoms with van der Waals surface area (Å²) in [5.41, 5.74) is 15.6. The third-order valence-electron chi connectivity index (χ3n) is 14.8. The number of hydrogen-bond acceptors (Lipinski definition) is 13. The Bertz CT molecular complexity index is 4350. The number of nitrogens with zero attached hydrogens (tertiary/aromatic N) is 5. The van der Waals surface area contributed by atoms with Crippen molar-refractivity contribution in [1.29, 1.82) is 0 Å². The van der Waals surface area contributed by atoms with E-state index in [2.05, 4.69) is 132 Å². The Balaban J connectivity index is 0.000000110. The van der Waals surface area contributed by atoms with Crippen LogP contribution in [-0.2, 0) is 0 Å². The lowest BCUT2D eigenvalue weighted by Crippen LogP contribution is -2.28. The Morgan fingerprint density at radius 1 is 0.378 bits per heavy atom. The van der Waals surface area contributed by atoms with E-state index in [0.717, 1.165) is 163 Å². The van der Waals surface area contributed by atoms with E-state index in [-0.39, 0.29) is 0 Å². The average Bonchev–Trinajstić information content (AvgIpc) is 2.97. The molecule has 12 aromatic rings. The van der Waals surface area contributed by atoms with Crippen molar-refractivity contribution in [3.63, 3.8) is 0 Å². The van der Waals surface area contributed by atoms with E-state index >= 15 is 0 Å². The molecule has 0 radical (unpaired) electrons. The van der Waals surface area contributed by atoms with Gasteiger partial charge < -0.3 is 42.5 Å². The van der Waals surface area contributed by atoms with Gasteiger partial charge >= 0.3 is 0 Å². The molecule has 16 nitrogen and oxygen atoms in total. The van der Waals surface area contributed by atoms with Crippen molar-refractivity contribution in [2.24, 2.45) is 0 Å². The van der Waals surface area contributed by atoms with Gasteiger partial charge in [0.2, 0.25) is 5.89 Å². The number of H-pyrrole nitrogens is 3. The van der Waals surface area contributed by atoms with Crippen molar-refractivity contribution in [2.45, 2.75) is 6.42 Å².